The number of nitrogens with zero attached hydrogens (tertiary/aromatic N) is 1. The molecule has 4 heteroatoms. The second kappa shape index (κ2) is 1.81. The fourth-order valence-corrected chi connectivity index (χ4v) is 0.422. The maximum atomic E-state index is 11.9. The molecule has 44 valence electrons. The summed E-state index contributed by atoms with van der Waals surface area (Å²) < 4.78 is 11.9. The van der Waals surface area contributed by atoms with E-state index in [9.17, 15) is 9.28 Å². The first-order valence-corrected chi connectivity index (χ1v) is 2.18. The molecule has 0 aromatic heterocycles. The van der Waals surface area contributed by atoms with Gasteiger partial charge in [0, 0.05) is 12.3 Å². The summed E-state index contributed by atoms with van der Waals surface area (Å²) in [6.45, 7) is -0.0463. The zero-order chi connectivity index (χ0) is 5.98. The Morgan fingerprint density at radius 3 is 3.00 bits per heavy atom. The van der Waals surface area contributed by atoms with E-state index in [2.05, 4.69) is 5.32 Å². The molecule has 0 bridgehead atoms. The molecule has 1 amide bonds. The van der Waals surface area contributed by atoms with Gasteiger partial charge in [-0.2, -0.15) is 5.12 Å². The predicted octanol–water partition coefficient (Wildman–Crippen LogP) is -0.226. The third-order valence-electron chi connectivity index (χ3n) is 0.813. The van der Waals surface area contributed by atoms with Crippen molar-refractivity contribution in [3.63, 3.8) is 0 Å². The van der Waals surface area contributed by atoms with Gasteiger partial charge >= 0.3 is 0 Å². The molecule has 0 aromatic carbocycles. The molecule has 1 rings (SSSR count). The number of amides is 1. The molecule has 1 N–H and O–H groups in total. The highest BCUT2D eigenvalue weighted by molar-refractivity contribution is 5.87. The highest BCUT2D eigenvalue weighted by Gasteiger charge is 2.10. The highest BCUT2D eigenvalue weighted by Crippen LogP contribution is 1.93. The number of carbonyl (C=O) groups is 1. The van der Waals surface area contributed by atoms with E-state index in [0.29, 0.717) is 0 Å². The minimum absolute atomic E-state index is 0.0463. The zero-order valence-electron chi connectivity index (χ0n) is 4.10. The van der Waals surface area contributed by atoms with Gasteiger partial charge in [-0.15, -0.1) is 0 Å². The molecular weight excluding hydrogens is 111 g/mol. The van der Waals surface area contributed by atoms with Crippen LogP contribution in [0, 0.1) is 0 Å². The van der Waals surface area contributed by atoms with Gasteiger partial charge in [0.15, 0.2) is 0 Å². The quantitative estimate of drug-likeness (QED) is 0.443. The molecule has 0 saturated heterocycles. The standard InChI is InChI=1S/C4H5FN2O/c5-7-3-6-2-1-4(7)8/h1-2,6H,3H2. The summed E-state index contributed by atoms with van der Waals surface area (Å²) >= 11 is 0. The molecule has 1 aliphatic heterocycles. The summed E-state index contributed by atoms with van der Waals surface area (Å²) in [5.41, 5.74) is 0. The van der Waals surface area contributed by atoms with Crippen molar-refractivity contribution in [1.29, 1.82) is 0 Å². The maximum absolute atomic E-state index is 11.9. The average molecular weight is 116 g/mol. The predicted molar refractivity (Wildman–Crippen MR) is 25.1 cm³/mol. The van der Waals surface area contributed by atoms with E-state index >= 15 is 0 Å². The molecule has 8 heavy (non-hydrogen) atoms. The Bertz CT molecular complexity index is 134. The fraction of sp³-hybridized carbons (Fsp3) is 0.250. The van der Waals surface area contributed by atoms with Crippen LogP contribution in [0.15, 0.2) is 12.3 Å². The van der Waals surface area contributed by atoms with Crippen LogP contribution in [0.2, 0.25) is 0 Å². The van der Waals surface area contributed by atoms with E-state index in [1.165, 1.54) is 6.20 Å². The van der Waals surface area contributed by atoms with Gasteiger partial charge in [-0.3, -0.25) is 4.79 Å². The molecule has 0 atom stereocenters. The summed E-state index contributed by atoms with van der Waals surface area (Å²) in [5, 5.41) is 2.61. The van der Waals surface area contributed by atoms with Crippen molar-refractivity contribution in [3.8, 4) is 0 Å². The van der Waals surface area contributed by atoms with Gasteiger partial charge in [0.25, 0.3) is 5.91 Å². The van der Waals surface area contributed by atoms with Crippen molar-refractivity contribution in [2.75, 3.05) is 6.67 Å². The molecule has 0 aliphatic carbocycles. The summed E-state index contributed by atoms with van der Waals surface area (Å²) in [6, 6.07) is 0. The van der Waals surface area contributed by atoms with Gasteiger partial charge in [-0.1, -0.05) is 4.48 Å². The molecule has 0 spiro atoms. The second-order valence-electron chi connectivity index (χ2n) is 1.40. The normalized spacial score (nSPS) is 18.6. The van der Waals surface area contributed by atoms with E-state index in [4.69, 9.17) is 0 Å². The number of rotatable bonds is 0. The van der Waals surface area contributed by atoms with E-state index in [1.54, 1.807) is 0 Å². The lowest BCUT2D eigenvalue weighted by molar-refractivity contribution is -0.142. The van der Waals surface area contributed by atoms with E-state index in [0.717, 1.165) is 6.08 Å². The van der Waals surface area contributed by atoms with Crippen molar-refractivity contribution >= 4 is 5.91 Å². The van der Waals surface area contributed by atoms with Gasteiger partial charge in [-0.25, -0.2) is 0 Å². The number of carbonyl (C=O) groups excluding carboxylic acids is 1. The minimum atomic E-state index is -0.608. The Hall–Kier alpha value is -1.06. The molecule has 1 heterocycles. The smallest absolute Gasteiger partial charge is 0.277 e. The second-order valence-corrected chi connectivity index (χ2v) is 1.40. The first kappa shape index (κ1) is 5.08. The molecule has 3 nitrogen and oxygen atoms in total. The van der Waals surface area contributed by atoms with E-state index in [1.807, 2.05) is 0 Å². The van der Waals surface area contributed by atoms with Crippen molar-refractivity contribution in [3.05, 3.63) is 12.3 Å². The maximum Gasteiger partial charge on any atom is 0.277 e. The van der Waals surface area contributed by atoms with Crippen LogP contribution in [-0.4, -0.2) is 17.7 Å². The number of hydrogen-bond acceptors (Lipinski definition) is 2. The van der Waals surface area contributed by atoms with Crippen molar-refractivity contribution < 1.29 is 9.28 Å². The minimum Gasteiger partial charge on any atom is -0.371 e. The Morgan fingerprint density at radius 1 is 1.88 bits per heavy atom. The van der Waals surface area contributed by atoms with Crippen LogP contribution in [-0.2, 0) is 4.79 Å². The fourth-order valence-electron chi connectivity index (χ4n) is 0.422. The van der Waals surface area contributed by atoms with Crippen LogP contribution in [0.25, 0.3) is 0 Å². The zero-order valence-corrected chi connectivity index (χ0v) is 4.10. The van der Waals surface area contributed by atoms with Crippen molar-refractivity contribution in [2.24, 2.45) is 0 Å². The van der Waals surface area contributed by atoms with E-state index in [-0.39, 0.29) is 11.8 Å². The van der Waals surface area contributed by atoms with Crippen LogP contribution in [0.5, 0.6) is 0 Å². The Balaban J connectivity index is 2.60. The van der Waals surface area contributed by atoms with Gasteiger partial charge in [0.1, 0.15) is 6.67 Å². The summed E-state index contributed by atoms with van der Waals surface area (Å²) in [5.74, 6) is -0.608. The molecule has 0 unspecified atom stereocenters. The van der Waals surface area contributed by atoms with Gasteiger partial charge < -0.3 is 5.32 Å². The van der Waals surface area contributed by atoms with Crippen LogP contribution in [0.1, 0.15) is 0 Å². The Kier molecular flexibility index (Phi) is 1.15. The molecule has 1 aliphatic rings. The third-order valence-corrected chi connectivity index (χ3v) is 0.813. The Morgan fingerprint density at radius 2 is 2.62 bits per heavy atom. The lowest BCUT2D eigenvalue weighted by atomic mass is 10.5. The SMILES string of the molecule is O=C1C=CNCN1F. The number of hydrogen-bond donors (Lipinski definition) is 1. The summed E-state index contributed by atoms with van der Waals surface area (Å²) in [6.07, 6.45) is 2.54. The molecule has 0 fully saturated rings. The average Bonchev–Trinajstić information content (AvgIpc) is 1.77. The monoisotopic (exact) mass is 116 g/mol. The van der Waals surface area contributed by atoms with Crippen molar-refractivity contribution in [1.82, 2.24) is 10.4 Å². The Labute approximate surface area is 45.7 Å². The van der Waals surface area contributed by atoms with Gasteiger partial charge in [-0.05, 0) is 0 Å². The highest BCUT2D eigenvalue weighted by atomic mass is 19.2. The summed E-state index contributed by atoms with van der Waals surface area (Å²) in [4.78, 5) is 10.2. The molecule has 0 saturated carbocycles. The molecule has 0 radical (unpaired) electrons. The van der Waals surface area contributed by atoms with Crippen LogP contribution in [0.4, 0.5) is 4.48 Å². The van der Waals surface area contributed by atoms with Gasteiger partial charge in [0.2, 0.25) is 0 Å². The van der Waals surface area contributed by atoms with Crippen molar-refractivity contribution in [2.45, 2.75) is 0 Å². The lowest BCUT2D eigenvalue weighted by Gasteiger charge is -2.12. The molecular formula is C4H5FN2O. The topological polar surface area (TPSA) is 32.3 Å². The third kappa shape index (κ3) is 0.776. The largest absolute Gasteiger partial charge is 0.371 e. The molecule has 0 aromatic rings. The van der Waals surface area contributed by atoms with Crippen LogP contribution in [0.3, 0.4) is 0 Å². The first-order chi connectivity index (χ1) is 3.80. The first-order valence-electron chi connectivity index (χ1n) is 2.18. The van der Waals surface area contributed by atoms with Crippen LogP contribution >= 0.6 is 0 Å². The van der Waals surface area contributed by atoms with Crippen LogP contribution < -0.4 is 5.32 Å². The van der Waals surface area contributed by atoms with Gasteiger partial charge in [0.05, 0.1) is 0 Å². The number of nitrogens with one attached hydrogen (secondary N) is 1. The summed E-state index contributed by atoms with van der Waals surface area (Å²) in [7, 11) is 0. The number of halogens is 1. The lowest BCUT2D eigenvalue weighted by Crippen LogP contribution is -2.33. The van der Waals surface area contributed by atoms with E-state index < -0.39 is 5.91 Å².